The van der Waals surface area contributed by atoms with Gasteiger partial charge < -0.3 is 15.8 Å². The lowest BCUT2D eigenvalue weighted by molar-refractivity contribution is -0.175. The van der Waals surface area contributed by atoms with Crippen LogP contribution < -0.4 is 11.1 Å². The molecule has 1 aromatic heterocycles. The van der Waals surface area contributed by atoms with Gasteiger partial charge in [0.05, 0.1) is 6.61 Å². The Morgan fingerprint density at radius 1 is 1.45 bits per heavy atom. The molecule has 0 aliphatic rings. The van der Waals surface area contributed by atoms with Gasteiger partial charge in [0.25, 0.3) is 0 Å². The molecule has 0 spiro atoms. The molecule has 20 heavy (non-hydrogen) atoms. The van der Waals surface area contributed by atoms with Crippen molar-refractivity contribution >= 4 is 5.69 Å². The van der Waals surface area contributed by atoms with Gasteiger partial charge in [0.15, 0.2) is 0 Å². The smallest absolute Gasteiger partial charge is 0.398 e. The van der Waals surface area contributed by atoms with Gasteiger partial charge >= 0.3 is 6.18 Å². The first kappa shape index (κ1) is 16.7. The minimum atomic E-state index is -4.30. The van der Waals surface area contributed by atoms with Gasteiger partial charge in [0.2, 0.25) is 0 Å². The fourth-order valence-electron chi connectivity index (χ4n) is 1.73. The monoisotopic (exact) mass is 291 g/mol. The molecule has 1 heterocycles. The van der Waals surface area contributed by atoms with Crippen molar-refractivity contribution in [3.05, 3.63) is 24.0 Å². The summed E-state index contributed by atoms with van der Waals surface area (Å²) in [5.74, 6) is 0. The molecule has 0 bridgehead atoms. The van der Waals surface area contributed by atoms with Crippen molar-refractivity contribution in [2.24, 2.45) is 0 Å². The Morgan fingerprint density at radius 3 is 2.80 bits per heavy atom. The number of nitrogens with one attached hydrogen (secondary N) is 1. The number of pyridine rings is 1. The number of anilines is 1. The fourth-order valence-corrected chi connectivity index (χ4v) is 1.73. The first-order chi connectivity index (χ1) is 9.42. The van der Waals surface area contributed by atoms with Gasteiger partial charge in [-0.1, -0.05) is 6.92 Å². The van der Waals surface area contributed by atoms with Crippen LogP contribution in [0.3, 0.4) is 0 Å². The maximum absolute atomic E-state index is 12.1. The van der Waals surface area contributed by atoms with Gasteiger partial charge in [-0.05, 0) is 31.0 Å². The third kappa shape index (κ3) is 6.72. The highest BCUT2D eigenvalue weighted by molar-refractivity contribution is 5.44. The second-order valence-corrected chi connectivity index (χ2v) is 4.56. The summed E-state index contributed by atoms with van der Waals surface area (Å²) in [4.78, 5) is 3.97. The Kier molecular flexibility index (Phi) is 6.74. The molecule has 1 unspecified atom stereocenters. The largest absolute Gasteiger partial charge is 0.411 e. The van der Waals surface area contributed by atoms with Crippen molar-refractivity contribution < 1.29 is 17.9 Å². The molecular formula is C13H20F3N3O. The maximum Gasteiger partial charge on any atom is 0.411 e. The summed E-state index contributed by atoms with van der Waals surface area (Å²) in [6.07, 6.45) is 0.269. The first-order valence-corrected chi connectivity index (χ1v) is 6.48. The standard InChI is InChI=1S/C13H20F3N3O/c1-2-4-19-11(8-20-9-13(14,15)16)6-10-7-18-5-3-12(10)17/h3,5,7,11,19H,2,4,6,8-9H2,1H3,(H2,17,18). The van der Waals surface area contributed by atoms with E-state index in [0.717, 1.165) is 12.0 Å². The summed E-state index contributed by atoms with van der Waals surface area (Å²) in [6, 6.07) is 1.45. The zero-order chi connectivity index (χ0) is 15.0. The average molecular weight is 291 g/mol. The second kappa shape index (κ2) is 8.06. The van der Waals surface area contributed by atoms with E-state index in [9.17, 15) is 13.2 Å². The Morgan fingerprint density at radius 2 is 2.20 bits per heavy atom. The van der Waals surface area contributed by atoms with Gasteiger partial charge in [0, 0.05) is 24.1 Å². The Bertz CT molecular complexity index is 399. The van der Waals surface area contributed by atoms with Crippen molar-refractivity contribution in [1.29, 1.82) is 0 Å². The number of rotatable bonds is 8. The molecule has 3 N–H and O–H groups in total. The van der Waals surface area contributed by atoms with Crippen LogP contribution in [0.1, 0.15) is 18.9 Å². The summed E-state index contributed by atoms with van der Waals surface area (Å²) in [6.45, 7) is 1.44. The van der Waals surface area contributed by atoms with E-state index in [1.54, 1.807) is 18.5 Å². The van der Waals surface area contributed by atoms with E-state index in [0.29, 0.717) is 18.7 Å². The number of hydrogen-bond donors (Lipinski definition) is 2. The number of ether oxygens (including phenoxy) is 1. The molecule has 1 aromatic rings. The number of halogens is 3. The van der Waals surface area contributed by atoms with Crippen molar-refractivity contribution in [2.75, 3.05) is 25.5 Å². The van der Waals surface area contributed by atoms with Crippen LogP contribution in [0.25, 0.3) is 0 Å². The zero-order valence-electron chi connectivity index (χ0n) is 11.4. The molecule has 0 radical (unpaired) electrons. The van der Waals surface area contributed by atoms with Crippen LogP contribution in [0, 0.1) is 0 Å². The Balaban J connectivity index is 2.53. The molecule has 0 amide bonds. The van der Waals surface area contributed by atoms with Crippen LogP contribution in [-0.4, -0.2) is 37.0 Å². The SMILES string of the molecule is CCCNC(COCC(F)(F)F)Cc1cnccc1N. The molecule has 0 fully saturated rings. The molecule has 0 saturated carbocycles. The predicted octanol–water partition coefficient (Wildman–Crippen LogP) is 2.15. The minimum absolute atomic E-state index is 0.0200. The van der Waals surface area contributed by atoms with Crippen LogP contribution in [0.4, 0.5) is 18.9 Å². The van der Waals surface area contributed by atoms with E-state index >= 15 is 0 Å². The van der Waals surface area contributed by atoms with E-state index < -0.39 is 12.8 Å². The van der Waals surface area contributed by atoms with E-state index in [1.165, 1.54) is 0 Å². The van der Waals surface area contributed by atoms with Crippen LogP contribution >= 0.6 is 0 Å². The molecule has 7 heteroatoms. The van der Waals surface area contributed by atoms with Gasteiger partial charge in [-0.2, -0.15) is 13.2 Å². The Labute approximate surface area is 116 Å². The molecule has 0 saturated heterocycles. The fraction of sp³-hybridized carbons (Fsp3) is 0.615. The van der Waals surface area contributed by atoms with Crippen molar-refractivity contribution in [2.45, 2.75) is 32.0 Å². The molecular weight excluding hydrogens is 271 g/mol. The quantitative estimate of drug-likeness (QED) is 0.770. The second-order valence-electron chi connectivity index (χ2n) is 4.56. The lowest BCUT2D eigenvalue weighted by Crippen LogP contribution is -2.37. The van der Waals surface area contributed by atoms with E-state index in [1.807, 2.05) is 6.92 Å². The third-order valence-corrected chi connectivity index (χ3v) is 2.68. The molecule has 114 valence electrons. The van der Waals surface area contributed by atoms with Gasteiger partial charge in [-0.25, -0.2) is 0 Å². The molecule has 0 aromatic carbocycles. The molecule has 1 rings (SSSR count). The predicted molar refractivity (Wildman–Crippen MR) is 71.3 cm³/mol. The Hall–Kier alpha value is -1.34. The number of hydrogen-bond acceptors (Lipinski definition) is 4. The lowest BCUT2D eigenvalue weighted by atomic mass is 10.1. The lowest BCUT2D eigenvalue weighted by Gasteiger charge is -2.20. The maximum atomic E-state index is 12.1. The summed E-state index contributed by atoms with van der Waals surface area (Å²) in [5, 5.41) is 3.16. The summed E-state index contributed by atoms with van der Waals surface area (Å²) in [5.41, 5.74) is 7.19. The molecule has 0 aliphatic carbocycles. The number of alkyl halides is 3. The third-order valence-electron chi connectivity index (χ3n) is 2.68. The van der Waals surface area contributed by atoms with Crippen LogP contribution in [-0.2, 0) is 11.2 Å². The van der Waals surface area contributed by atoms with Crippen LogP contribution in [0.5, 0.6) is 0 Å². The minimum Gasteiger partial charge on any atom is -0.398 e. The van der Waals surface area contributed by atoms with E-state index in [4.69, 9.17) is 10.5 Å². The summed E-state index contributed by atoms with van der Waals surface area (Å²) >= 11 is 0. The molecule has 0 aliphatic heterocycles. The summed E-state index contributed by atoms with van der Waals surface area (Å²) < 4.78 is 40.9. The normalized spacial score (nSPS) is 13.4. The highest BCUT2D eigenvalue weighted by Gasteiger charge is 2.28. The zero-order valence-corrected chi connectivity index (χ0v) is 11.4. The van der Waals surface area contributed by atoms with Crippen molar-refractivity contribution in [3.63, 3.8) is 0 Å². The van der Waals surface area contributed by atoms with Crippen molar-refractivity contribution in [1.82, 2.24) is 10.3 Å². The van der Waals surface area contributed by atoms with Crippen LogP contribution in [0.15, 0.2) is 18.5 Å². The first-order valence-electron chi connectivity index (χ1n) is 6.48. The number of nitrogen functional groups attached to an aromatic ring is 1. The number of nitrogens with zero attached hydrogens (tertiary/aromatic N) is 1. The molecule has 4 nitrogen and oxygen atoms in total. The summed E-state index contributed by atoms with van der Waals surface area (Å²) in [7, 11) is 0. The van der Waals surface area contributed by atoms with Gasteiger partial charge in [-0.15, -0.1) is 0 Å². The van der Waals surface area contributed by atoms with Crippen LogP contribution in [0.2, 0.25) is 0 Å². The number of nitrogens with two attached hydrogens (primary N) is 1. The van der Waals surface area contributed by atoms with E-state index in [2.05, 4.69) is 10.3 Å². The topological polar surface area (TPSA) is 60.2 Å². The highest BCUT2D eigenvalue weighted by atomic mass is 19.4. The van der Waals surface area contributed by atoms with Crippen molar-refractivity contribution in [3.8, 4) is 0 Å². The number of aromatic nitrogens is 1. The van der Waals surface area contributed by atoms with Gasteiger partial charge in [-0.3, -0.25) is 4.98 Å². The van der Waals surface area contributed by atoms with E-state index in [-0.39, 0.29) is 12.6 Å². The average Bonchev–Trinajstić information content (AvgIpc) is 2.36. The molecule has 1 atom stereocenters. The van der Waals surface area contributed by atoms with Gasteiger partial charge in [0.1, 0.15) is 6.61 Å². The highest BCUT2D eigenvalue weighted by Crippen LogP contribution is 2.15.